The minimum Gasteiger partial charge on any atom is -0.490 e. The molecule has 0 aliphatic heterocycles. The van der Waals surface area contributed by atoms with Gasteiger partial charge in [-0.2, -0.15) is 0 Å². The van der Waals surface area contributed by atoms with E-state index >= 15 is 0 Å². The summed E-state index contributed by atoms with van der Waals surface area (Å²) in [4.78, 5) is 23.0. The molecule has 0 aliphatic rings. The quantitative estimate of drug-likeness (QED) is 0.708. The van der Waals surface area contributed by atoms with Crippen molar-refractivity contribution in [2.24, 2.45) is 5.41 Å². The fourth-order valence-electron chi connectivity index (χ4n) is 2.21. The highest BCUT2D eigenvalue weighted by atomic mass is 16.5. The summed E-state index contributed by atoms with van der Waals surface area (Å²) >= 11 is 0. The van der Waals surface area contributed by atoms with Gasteiger partial charge in [0, 0.05) is 19.2 Å². The number of hydrogen-bond acceptors (Lipinski definition) is 5. The van der Waals surface area contributed by atoms with Crippen LogP contribution in [0.3, 0.4) is 0 Å². The third-order valence-electron chi connectivity index (χ3n) is 3.56. The molecule has 7 nitrogen and oxygen atoms in total. The molecule has 1 unspecified atom stereocenters. The number of benzene rings is 1. The van der Waals surface area contributed by atoms with Crippen molar-refractivity contribution in [3.05, 3.63) is 23.8 Å². The lowest BCUT2D eigenvalue weighted by Gasteiger charge is -2.29. The summed E-state index contributed by atoms with van der Waals surface area (Å²) in [5.74, 6) is -0.741. The first kappa shape index (κ1) is 20.8. The highest BCUT2D eigenvalue weighted by Gasteiger charge is 2.25. The predicted molar refractivity (Wildman–Crippen MR) is 93.3 cm³/mol. The Morgan fingerprint density at radius 2 is 1.88 bits per heavy atom. The molecule has 7 heteroatoms. The first-order chi connectivity index (χ1) is 11.7. The van der Waals surface area contributed by atoms with Crippen LogP contribution in [0, 0.1) is 5.41 Å². The maximum Gasteiger partial charge on any atom is 0.341 e. The van der Waals surface area contributed by atoms with Crippen LogP contribution in [0.5, 0.6) is 11.5 Å². The summed E-state index contributed by atoms with van der Waals surface area (Å²) in [6.45, 7) is 8.16. The van der Waals surface area contributed by atoms with Crippen molar-refractivity contribution in [2.45, 2.75) is 33.8 Å². The van der Waals surface area contributed by atoms with Crippen LogP contribution < -0.4 is 14.8 Å². The second-order valence-electron chi connectivity index (χ2n) is 6.58. The van der Waals surface area contributed by atoms with Gasteiger partial charge in [0.15, 0.2) is 18.1 Å². The van der Waals surface area contributed by atoms with E-state index in [9.17, 15) is 9.59 Å². The van der Waals surface area contributed by atoms with E-state index in [0.717, 1.165) is 0 Å². The van der Waals surface area contributed by atoms with Crippen LogP contribution in [0.1, 0.15) is 38.1 Å². The van der Waals surface area contributed by atoms with Crippen LogP contribution in [-0.4, -0.2) is 50.0 Å². The molecule has 1 amide bonds. The lowest BCUT2D eigenvalue weighted by atomic mass is 9.89. The van der Waals surface area contributed by atoms with Crippen molar-refractivity contribution >= 4 is 11.9 Å². The first-order valence-electron chi connectivity index (χ1n) is 8.11. The van der Waals surface area contributed by atoms with E-state index in [1.165, 1.54) is 12.1 Å². The van der Waals surface area contributed by atoms with Gasteiger partial charge in [0.25, 0.3) is 5.91 Å². The van der Waals surface area contributed by atoms with Crippen molar-refractivity contribution in [1.82, 2.24) is 5.32 Å². The van der Waals surface area contributed by atoms with Crippen LogP contribution in [0.15, 0.2) is 18.2 Å². The van der Waals surface area contributed by atoms with Gasteiger partial charge in [-0.25, -0.2) is 4.79 Å². The van der Waals surface area contributed by atoms with Crippen LogP contribution in [0.25, 0.3) is 0 Å². The van der Waals surface area contributed by atoms with Crippen LogP contribution in [-0.2, 0) is 9.53 Å². The van der Waals surface area contributed by atoms with Gasteiger partial charge in [-0.05, 0) is 30.5 Å². The number of hydrogen-bond donors (Lipinski definition) is 2. The summed E-state index contributed by atoms with van der Waals surface area (Å²) in [5, 5.41) is 11.5. The molecule has 1 rings (SSSR count). The number of ether oxygens (including phenoxy) is 3. The number of methoxy groups -OCH3 is 1. The average Bonchev–Trinajstić information content (AvgIpc) is 2.52. The van der Waals surface area contributed by atoms with Crippen LogP contribution >= 0.6 is 0 Å². The summed E-state index contributed by atoms with van der Waals surface area (Å²) in [6.07, 6.45) is -0.124. The Balaban J connectivity index is 2.84. The zero-order chi connectivity index (χ0) is 19.0. The third kappa shape index (κ3) is 6.62. The first-order valence-corrected chi connectivity index (χ1v) is 8.11. The normalized spacial score (nSPS) is 12.4. The lowest BCUT2D eigenvalue weighted by molar-refractivity contribution is -0.139. The van der Waals surface area contributed by atoms with Crippen molar-refractivity contribution in [3.63, 3.8) is 0 Å². The van der Waals surface area contributed by atoms with Gasteiger partial charge in [0.2, 0.25) is 0 Å². The molecule has 0 spiro atoms. The fraction of sp³-hybridized carbons (Fsp3) is 0.556. The Hall–Kier alpha value is -2.28. The topological polar surface area (TPSA) is 94.1 Å². The molecule has 0 fully saturated rings. The summed E-state index contributed by atoms with van der Waals surface area (Å²) in [5.41, 5.74) is 0.294. The molecule has 0 aliphatic carbocycles. The van der Waals surface area contributed by atoms with Crippen molar-refractivity contribution in [3.8, 4) is 11.5 Å². The smallest absolute Gasteiger partial charge is 0.341 e. The number of amides is 1. The average molecular weight is 353 g/mol. The zero-order valence-corrected chi connectivity index (χ0v) is 15.4. The minimum atomic E-state index is -1.09. The molecule has 140 valence electrons. The zero-order valence-electron chi connectivity index (χ0n) is 15.4. The summed E-state index contributed by atoms with van der Waals surface area (Å²) in [7, 11) is 1.61. The van der Waals surface area contributed by atoms with E-state index in [1.54, 1.807) is 20.1 Å². The van der Waals surface area contributed by atoms with Gasteiger partial charge in [0.05, 0.1) is 12.7 Å². The van der Waals surface area contributed by atoms with E-state index in [-0.39, 0.29) is 23.2 Å². The molecule has 0 bridgehead atoms. The second-order valence-corrected chi connectivity index (χ2v) is 6.58. The van der Waals surface area contributed by atoms with Gasteiger partial charge < -0.3 is 24.6 Å². The minimum absolute atomic E-state index is 0.104. The number of carboxylic acids is 1. The molecule has 2 N–H and O–H groups in total. The Kier molecular flexibility index (Phi) is 7.70. The van der Waals surface area contributed by atoms with Crippen molar-refractivity contribution in [1.29, 1.82) is 0 Å². The second kappa shape index (κ2) is 9.27. The van der Waals surface area contributed by atoms with E-state index in [4.69, 9.17) is 19.3 Å². The Labute approximate surface area is 148 Å². The molecule has 0 saturated carbocycles. The molecule has 0 radical (unpaired) electrons. The predicted octanol–water partition coefficient (Wildman–Crippen LogP) is 2.34. The number of aliphatic carboxylic acids is 1. The SMILES string of the molecule is CCOc1cc(C(=O)NCC(OC)C(C)(C)C)ccc1OCC(=O)O. The molecule has 0 saturated heterocycles. The van der Waals surface area contributed by atoms with E-state index in [0.29, 0.717) is 24.5 Å². The maximum absolute atomic E-state index is 12.4. The lowest BCUT2D eigenvalue weighted by Crippen LogP contribution is -2.40. The molecule has 25 heavy (non-hydrogen) atoms. The molecular weight excluding hydrogens is 326 g/mol. The molecule has 0 aromatic heterocycles. The van der Waals surface area contributed by atoms with Gasteiger partial charge in [-0.3, -0.25) is 4.79 Å². The highest BCUT2D eigenvalue weighted by Crippen LogP contribution is 2.28. The van der Waals surface area contributed by atoms with Gasteiger partial charge >= 0.3 is 5.97 Å². The Morgan fingerprint density at radius 3 is 2.40 bits per heavy atom. The molecule has 1 aromatic carbocycles. The summed E-state index contributed by atoms with van der Waals surface area (Å²) < 4.78 is 16.0. The monoisotopic (exact) mass is 353 g/mol. The number of carbonyl (C=O) groups is 2. The number of carbonyl (C=O) groups excluding carboxylic acids is 1. The highest BCUT2D eigenvalue weighted by molar-refractivity contribution is 5.94. The third-order valence-corrected chi connectivity index (χ3v) is 3.56. The van der Waals surface area contributed by atoms with Gasteiger partial charge in [0.1, 0.15) is 0 Å². The Bertz CT molecular complexity index is 594. The van der Waals surface area contributed by atoms with Crippen molar-refractivity contribution < 1.29 is 28.9 Å². The molecule has 1 aromatic rings. The van der Waals surface area contributed by atoms with E-state index in [1.807, 2.05) is 20.8 Å². The Morgan fingerprint density at radius 1 is 1.20 bits per heavy atom. The molecule has 1 atom stereocenters. The number of rotatable bonds is 9. The number of carboxylic acid groups (broad SMARTS) is 1. The van der Waals surface area contributed by atoms with Gasteiger partial charge in [-0.15, -0.1) is 0 Å². The molecule has 0 heterocycles. The summed E-state index contributed by atoms with van der Waals surface area (Å²) in [6, 6.07) is 4.63. The standard InChI is InChI=1S/C18H27NO6/c1-6-24-14-9-12(7-8-13(14)25-11-16(20)21)17(22)19-10-15(23-5)18(2,3)4/h7-9,15H,6,10-11H2,1-5H3,(H,19,22)(H,20,21). The van der Waals surface area contributed by atoms with Crippen LogP contribution in [0.4, 0.5) is 0 Å². The van der Waals surface area contributed by atoms with Gasteiger partial charge in [-0.1, -0.05) is 20.8 Å². The van der Waals surface area contributed by atoms with Crippen LogP contribution in [0.2, 0.25) is 0 Å². The van der Waals surface area contributed by atoms with Crippen molar-refractivity contribution in [2.75, 3.05) is 26.9 Å². The molecular formula is C18H27NO6. The maximum atomic E-state index is 12.4. The largest absolute Gasteiger partial charge is 0.490 e. The number of nitrogens with one attached hydrogen (secondary N) is 1. The fourth-order valence-corrected chi connectivity index (χ4v) is 2.21. The van der Waals surface area contributed by atoms with E-state index < -0.39 is 12.6 Å². The van der Waals surface area contributed by atoms with E-state index in [2.05, 4.69) is 5.32 Å².